The maximum Gasteiger partial charge on any atom is 0.239 e. The summed E-state index contributed by atoms with van der Waals surface area (Å²) in [6.45, 7) is 4.17. The Hall–Kier alpha value is -2.42. The van der Waals surface area contributed by atoms with Crippen molar-refractivity contribution in [2.75, 3.05) is 25.5 Å². The van der Waals surface area contributed by atoms with Crippen molar-refractivity contribution in [1.29, 1.82) is 0 Å². The zero-order chi connectivity index (χ0) is 21.3. The van der Waals surface area contributed by atoms with Crippen LogP contribution < -0.4 is 14.8 Å². The zero-order valence-electron chi connectivity index (χ0n) is 16.9. The van der Waals surface area contributed by atoms with Crippen LogP contribution in [0.15, 0.2) is 58.5 Å². The first kappa shape index (κ1) is 22.3. The van der Waals surface area contributed by atoms with Crippen LogP contribution in [-0.2, 0) is 17.9 Å². The summed E-state index contributed by atoms with van der Waals surface area (Å²) >= 11 is 4.99. The van der Waals surface area contributed by atoms with Gasteiger partial charge in [0, 0.05) is 22.1 Å². The molecule has 2 heterocycles. The molecule has 6 nitrogen and oxygen atoms in total. The van der Waals surface area contributed by atoms with E-state index in [1.54, 1.807) is 30.7 Å². The first-order chi connectivity index (χ1) is 14.6. The molecule has 0 radical (unpaired) electrons. The number of ether oxygens (including phenoxy) is 2. The van der Waals surface area contributed by atoms with Gasteiger partial charge in [0.05, 0.1) is 13.7 Å². The minimum Gasteiger partial charge on any atom is -0.493 e. The molecule has 0 aliphatic heterocycles. The summed E-state index contributed by atoms with van der Waals surface area (Å²) in [5.74, 6) is 1.82. The van der Waals surface area contributed by atoms with E-state index in [1.165, 1.54) is 0 Å². The van der Waals surface area contributed by atoms with Gasteiger partial charge in [-0.2, -0.15) is 0 Å². The Kier molecular flexibility index (Phi) is 8.24. The molecule has 3 aromatic rings. The summed E-state index contributed by atoms with van der Waals surface area (Å²) in [7, 11) is 1.63. The number of pyridine rings is 1. The molecule has 0 unspecified atom stereocenters. The molecular weight excluding hydrogens is 466 g/mol. The second-order valence-corrected chi connectivity index (χ2v) is 8.51. The predicted octanol–water partition coefficient (Wildman–Crippen LogP) is 4.95. The minimum absolute atomic E-state index is 0.102. The third-order valence-electron chi connectivity index (χ3n) is 4.39. The molecule has 0 spiro atoms. The van der Waals surface area contributed by atoms with E-state index in [2.05, 4.69) is 31.1 Å². The van der Waals surface area contributed by atoms with E-state index in [1.807, 2.05) is 48.7 Å². The molecule has 0 saturated heterocycles. The Morgan fingerprint density at radius 1 is 1.23 bits per heavy atom. The third-order valence-corrected chi connectivity index (χ3v) is 5.71. The lowest BCUT2D eigenvalue weighted by molar-refractivity contribution is -0.117. The second-order valence-electron chi connectivity index (χ2n) is 6.57. The average Bonchev–Trinajstić information content (AvgIpc) is 3.27. The average molecular weight is 490 g/mol. The number of halogens is 1. The van der Waals surface area contributed by atoms with Crippen molar-refractivity contribution in [1.82, 2.24) is 9.88 Å². The molecule has 3 rings (SSSR count). The number of anilines is 1. The number of nitrogens with zero attached hydrogens (tertiary/aromatic N) is 2. The molecule has 30 heavy (non-hydrogen) atoms. The molecule has 0 aliphatic rings. The molecule has 0 saturated carbocycles. The largest absolute Gasteiger partial charge is 0.493 e. The Labute approximate surface area is 189 Å². The van der Waals surface area contributed by atoms with Crippen LogP contribution >= 0.6 is 27.3 Å². The van der Waals surface area contributed by atoms with E-state index >= 15 is 0 Å². The fraction of sp³-hybridized carbons (Fsp3) is 0.273. The van der Waals surface area contributed by atoms with E-state index in [-0.39, 0.29) is 12.5 Å². The van der Waals surface area contributed by atoms with Gasteiger partial charge in [-0.3, -0.25) is 9.69 Å². The summed E-state index contributed by atoms with van der Waals surface area (Å²) < 4.78 is 12.3. The number of amides is 1. The summed E-state index contributed by atoms with van der Waals surface area (Å²) in [5.41, 5.74) is 1.05. The maximum atomic E-state index is 12.4. The lowest BCUT2D eigenvalue weighted by Gasteiger charge is -2.20. The van der Waals surface area contributed by atoms with Crippen molar-refractivity contribution in [3.8, 4) is 11.5 Å². The van der Waals surface area contributed by atoms with Gasteiger partial charge in [0.25, 0.3) is 0 Å². The van der Waals surface area contributed by atoms with E-state index in [9.17, 15) is 4.79 Å². The molecule has 1 N–H and O–H groups in total. The summed E-state index contributed by atoms with van der Waals surface area (Å²) in [5, 5.41) is 4.85. The van der Waals surface area contributed by atoms with Crippen LogP contribution in [0.1, 0.15) is 17.4 Å². The van der Waals surface area contributed by atoms with Crippen molar-refractivity contribution >= 4 is 39.0 Å². The number of nitrogens with one attached hydrogen (secondary N) is 1. The van der Waals surface area contributed by atoms with E-state index in [0.717, 1.165) is 21.5 Å². The number of methoxy groups -OCH3 is 1. The zero-order valence-corrected chi connectivity index (χ0v) is 19.3. The standard InChI is InChI=1S/C22H24BrN3O3S/c1-3-26(14-22(27)25-21-9-7-17(23)12-24-21)13-16-6-8-19(20(11-16)28-2)29-15-18-5-4-10-30-18/h4-12H,3,13-15H2,1-2H3,(H,24,25,27). The fourth-order valence-corrected chi connectivity index (χ4v) is 3.70. The van der Waals surface area contributed by atoms with Crippen LogP contribution in [0, 0.1) is 0 Å². The number of hydrogen-bond acceptors (Lipinski definition) is 6. The number of thiophene rings is 1. The van der Waals surface area contributed by atoms with Crippen LogP contribution in [-0.4, -0.2) is 36.0 Å². The monoisotopic (exact) mass is 489 g/mol. The Morgan fingerprint density at radius 2 is 2.10 bits per heavy atom. The summed E-state index contributed by atoms with van der Waals surface area (Å²) in [4.78, 5) is 19.8. The number of likely N-dealkylation sites (N-methyl/N-ethyl adjacent to an activating group) is 1. The van der Waals surface area contributed by atoms with Gasteiger partial charge in [-0.15, -0.1) is 11.3 Å². The molecule has 0 atom stereocenters. The number of aromatic nitrogens is 1. The molecule has 1 amide bonds. The van der Waals surface area contributed by atoms with Crippen LogP contribution in [0.2, 0.25) is 0 Å². The number of carbonyl (C=O) groups excluding carboxylic acids is 1. The maximum absolute atomic E-state index is 12.4. The number of rotatable bonds is 10. The summed E-state index contributed by atoms with van der Waals surface area (Å²) in [6, 6.07) is 13.5. The molecule has 0 aliphatic carbocycles. The molecule has 0 bridgehead atoms. The van der Waals surface area contributed by atoms with Gasteiger partial charge in [-0.1, -0.05) is 19.1 Å². The van der Waals surface area contributed by atoms with Crippen LogP contribution in [0.5, 0.6) is 11.5 Å². The van der Waals surface area contributed by atoms with Crippen molar-refractivity contribution in [2.24, 2.45) is 0 Å². The Balaban J connectivity index is 1.58. The first-order valence-electron chi connectivity index (χ1n) is 9.53. The molecule has 0 fully saturated rings. The van der Waals surface area contributed by atoms with Gasteiger partial charge in [0.1, 0.15) is 12.4 Å². The van der Waals surface area contributed by atoms with E-state index in [0.29, 0.717) is 30.5 Å². The molecule has 2 aromatic heterocycles. The minimum atomic E-state index is -0.102. The third kappa shape index (κ3) is 6.55. The number of benzene rings is 1. The van der Waals surface area contributed by atoms with E-state index in [4.69, 9.17) is 9.47 Å². The van der Waals surface area contributed by atoms with Crippen LogP contribution in [0.3, 0.4) is 0 Å². The van der Waals surface area contributed by atoms with Crippen molar-refractivity contribution < 1.29 is 14.3 Å². The quantitative estimate of drug-likeness (QED) is 0.436. The second kappa shape index (κ2) is 11.1. The Bertz CT molecular complexity index is 949. The highest BCUT2D eigenvalue weighted by Crippen LogP contribution is 2.29. The Morgan fingerprint density at radius 3 is 2.77 bits per heavy atom. The fourth-order valence-electron chi connectivity index (χ4n) is 2.85. The highest BCUT2D eigenvalue weighted by atomic mass is 79.9. The van der Waals surface area contributed by atoms with Gasteiger partial charge >= 0.3 is 0 Å². The molecule has 158 valence electrons. The molecule has 8 heteroatoms. The van der Waals surface area contributed by atoms with Crippen molar-refractivity contribution in [3.05, 3.63) is 69.0 Å². The van der Waals surface area contributed by atoms with Crippen LogP contribution in [0.4, 0.5) is 5.82 Å². The van der Waals surface area contributed by atoms with Gasteiger partial charge in [-0.05, 0) is 63.8 Å². The highest BCUT2D eigenvalue weighted by molar-refractivity contribution is 9.10. The first-order valence-corrected chi connectivity index (χ1v) is 11.2. The molecular formula is C22H24BrN3O3S. The van der Waals surface area contributed by atoms with Crippen LogP contribution in [0.25, 0.3) is 0 Å². The van der Waals surface area contributed by atoms with Gasteiger partial charge < -0.3 is 14.8 Å². The lowest BCUT2D eigenvalue weighted by atomic mass is 10.2. The van der Waals surface area contributed by atoms with Crippen molar-refractivity contribution in [2.45, 2.75) is 20.1 Å². The summed E-state index contributed by atoms with van der Waals surface area (Å²) in [6.07, 6.45) is 1.65. The van der Waals surface area contributed by atoms with E-state index < -0.39 is 0 Å². The smallest absolute Gasteiger partial charge is 0.239 e. The van der Waals surface area contributed by atoms with Gasteiger partial charge in [0.2, 0.25) is 5.91 Å². The predicted molar refractivity (Wildman–Crippen MR) is 123 cm³/mol. The van der Waals surface area contributed by atoms with Gasteiger partial charge in [-0.25, -0.2) is 4.98 Å². The normalized spacial score (nSPS) is 10.8. The number of hydrogen-bond donors (Lipinski definition) is 1. The lowest BCUT2D eigenvalue weighted by Crippen LogP contribution is -2.32. The molecule has 1 aromatic carbocycles. The highest BCUT2D eigenvalue weighted by Gasteiger charge is 2.13. The topological polar surface area (TPSA) is 63.7 Å². The van der Waals surface area contributed by atoms with Crippen molar-refractivity contribution in [3.63, 3.8) is 0 Å². The SMILES string of the molecule is CCN(CC(=O)Nc1ccc(Br)cn1)Cc1ccc(OCc2cccs2)c(OC)c1. The number of carbonyl (C=O) groups is 1. The van der Waals surface area contributed by atoms with Gasteiger partial charge in [0.15, 0.2) is 11.5 Å².